The van der Waals surface area contributed by atoms with Gasteiger partial charge in [-0.1, -0.05) is 0 Å². The minimum atomic E-state index is -4.79. The second-order valence-electron chi connectivity index (χ2n) is 2.27. The summed E-state index contributed by atoms with van der Waals surface area (Å²) in [4.78, 5) is 3.71. The third-order valence-corrected chi connectivity index (χ3v) is 3.51. The molecule has 0 aliphatic rings. The van der Waals surface area contributed by atoms with Gasteiger partial charge in [0.1, 0.15) is 21.2 Å². The predicted octanol–water partition coefficient (Wildman–Crippen LogP) is 3.22. The topological polar surface area (TPSA) is 45.9 Å². The van der Waals surface area contributed by atoms with E-state index in [-0.39, 0.29) is 13.9 Å². The number of halogens is 5. The van der Waals surface area contributed by atoms with Crippen molar-refractivity contribution in [2.45, 2.75) is 6.36 Å². The Morgan fingerprint density at radius 1 is 1.53 bits per heavy atom. The molecule has 15 heavy (non-hydrogen) atoms. The lowest BCUT2D eigenvalue weighted by Crippen LogP contribution is -2.18. The number of alkyl halides is 3. The van der Waals surface area contributed by atoms with Crippen molar-refractivity contribution in [2.24, 2.45) is 0 Å². The fraction of sp³-hybridized carbons (Fsp3) is 0.143. The van der Waals surface area contributed by atoms with Gasteiger partial charge < -0.3 is 4.74 Å². The molecule has 0 fully saturated rings. The van der Waals surface area contributed by atoms with Gasteiger partial charge in [0.2, 0.25) is 0 Å². The third kappa shape index (κ3) is 3.49. The quantitative estimate of drug-likeness (QED) is 0.544. The molecule has 0 N–H and O–H groups in total. The lowest BCUT2D eigenvalue weighted by atomic mass is 10.3. The van der Waals surface area contributed by atoms with Gasteiger partial charge in [0.25, 0.3) is 0 Å². The Kier molecular flexibility index (Phi) is 3.77. The number of ether oxygens (including phenoxy) is 1. The van der Waals surface area contributed by atoms with E-state index < -0.39 is 12.1 Å². The Balaban J connectivity index is 3.18. The smallest absolute Gasteiger partial charge is 0.404 e. The van der Waals surface area contributed by atoms with Gasteiger partial charge in [-0.15, -0.1) is 13.2 Å². The van der Waals surface area contributed by atoms with E-state index in [4.69, 9.17) is 5.26 Å². The van der Waals surface area contributed by atoms with E-state index in [9.17, 15) is 13.2 Å². The van der Waals surface area contributed by atoms with Crippen LogP contribution in [0.25, 0.3) is 0 Å². The number of hydrogen-bond donors (Lipinski definition) is 0. The number of nitrogens with zero attached hydrogens (tertiary/aromatic N) is 2. The molecule has 0 bridgehead atoms. The minimum absolute atomic E-state index is 0.0689. The first kappa shape index (κ1) is 12.5. The maximum absolute atomic E-state index is 11.9. The molecule has 0 atom stereocenters. The van der Waals surface area contributed by atoms with Crippen LogP contribution in [0.4, 0.5) is 13.2 Å². The van der Waals surface area contributed by atoms with Crippen molar-refractivity contribution in [3.63, 3.8) is 0 Å². The molecule has 1 aromatic rings. The summed E-state index contributed by atoms with van der Waals surface area (Å²) in [5.41, 5.74) is -0.137. The van der Waals surface area contributed by atoms with Gasteiger partial charge in [-0.05, 0) is 38.5 Å². The molecule has 0 aliphatic carbocycles. The van der Waals surface area contributed by atoms with Crippen molar-refractivity contribution in [2.75, 3.05) is 0 Å². The number of rotatable bonds is 1. The Labute approximate surface area is 105 Å². The number of nitriles is 1. The summed E-state index contributed by atoms with van der Waals surface area (Å²) < 4.78 is 39.8. The first-order valence-corrected chi connectivity index (χ1v) is 5.22. The molecular formula is C7HBrF3IN2O. The van der Waals surface area contributed by atoms with Gasteiger partial charge >= 0.3 is 6.36 Å². The first-order chi connectivity index (χ1) is 6.83. The van der Waals surface area contributed by atoms with Crippen LogP contribution in [0.2, 0.25) is 0 Å². The number of aromatic nitrogens is 1. The zero-order valence-corrected chi connectivity index (χ0v) is 10.5. The summed E-state index contributed by atoms with van der Waals surface area (Å²) in [6.07, 6.45) is -4.79. The van der Waals surface area contributed by atoms with Gasteiger partial charge in [0.05, 0.1) is 4.47 Å². The number of pyridine rings is 1. The van der Waals surface area contributed by atoms with E-state index in [0.717, 1.165) is 6.07 Å². The van der Waals surface area contributed by atoms with Crippen molar-refractivity contribution in [1.29, 1.82) is 5.26 Å². The highest BCUT2D eigenvalue weighted by molar-refractivity contribution is 14.1. The molecule has 0 aliphatic heterocycles. The maximum atomic E-state index is 11.9. The standard InChI is InChI=1S/C7HBrF3IN2O/c8-5-4(15-7(9,10)11)1-3(2-13)14-6(5)12/h1H. The molecule has 80 valence electrons. The van der Waals surface area contributed by atoms with Crippen LogP contribution in [0, 0.1) is 15.0 Å². The average molecular weight is 393 g/mol. The molecule has 0 saturated heterocycles. The van der Waals surface area contributed by atoms with Crippen molar-refractivity contribution in [1.82, 2.24) is 4.98 Å². The highest BCUT2D eigenvalue weighted by Gasteiger charge is 2.32. The van der Waals surface area contributed by atoms with Crippen molar-refractivity contribution in [3.05, 3.63) is 19.9 Å². The zero-order chi connectivity index (χ0) is 11.6. The summed E-state index contributed by atoms with van der Waals surface area (Å²) in [6, 6.07) is 2.55. The molecule has 3 nitrogen and oxygen atoms in total. The molecule has 0 amide bonds. The molecular weight excluding hydrogens is 392 g/mol. The number of hydrogen-bond acceptors (Lipinski definition) is 3. The molecule has 0 aromatic carbocycles. The second kappa shape index (κ2) is 4.52. The van der Waals surface area contributed by atoms with Crippen LogP contribution in [-0.2, 0) is 0 Å². The van der Waals surface area contributed by atoms with Crippen molar-refractivity contribution >= 4 is 38.5 Å². The monoisotopic (exact) mass is 392 g/mol. The van der Waals surface area contributed by atoms with E-state index in [1.807, 2.05) is 0 Å². The van der Waals surface area contributed by atoms with Gasteiger partial charge in [0.15, 0.2) is 0 Å². The zero-order valence-electron chi connectivity index (χ0n) is 6.77. The lowest BCUT2D eigenvalue weighted by Gasteiger charge is -2.10. The molecule has 0 unspecified atom stereocenters. The normalized spacial score (nSPS) is 10.9. The predicted molar refractivity (Wildman–Crippen MR) is 56.1 cm³/mol. The van der Waals surface area contributed by atoms with Crippen molar-refractivity contribution < 1.29 is 17.9 Å². The summed E-state index contributed by atoms with van der Waals surface area (Å²) in [7, 11) is 0. The molecule has 0 spiro atoms. The molecule has 0 saturated carbocycles. The largest absolute Gasteiger partial charge is 0.573 e. The summed E-state index contributed by atoms with van der Waals surface area (Å²) in [6.45, 7) is 0. The fourth-order valence-electron chi connectivity index (χ4n) is 0.733. The van der Waals surface area contributed by atoms with Crippen LogP contribution in [0.3, 0.4) is 0 Å². The van der Waals surface area contributed by atoms with E-state index >= 15 is 0 Å². The Hall–Kier alpha value is -0.560. The Bertz CT molecular complexity index is 429. The summed E-state index contributed by atoms with van der Waals surface area (Å²) in [5, 5.41) is 8.51. The first-order valence-electron chi connectivity index (χ1n) is 3.35. The van der Waals surface area contributed by atoms with Crippen LogP contribution in [0.1, 0.15) is 5.69 Å². The third-order valence-electron chi connectivity index (χ3n) is 1.22. The maximum Gasteiger partial charge on any atom is 0.573 e. The van der Waals surface area contributed by atoms with Crippen LogP contribution in [-0.4, -0.2) is 11.3 Å². The Morgan fingerprint density at radius 3 is 2.60 bits per heavy atom. The van der Waals surface area contributed by atoms with E-state index in [1.165, 1.54) is 0 Å². The molecule has 1 aromatic heterocycles. The van der Waals surface area contributed by atoms with E-state index in [1.54, 1.807) is 28.7 Å². The Morgan fingerprint density at radius 2 is 2.13 bits per heavy atom. The fourth-order valence-corrected chi connectivity index (χ4v) is 1.54. The molecule has 1 heterocycles. The minimum Gasteiger partial charge on any atom is -0.404 e. The van der Waals surface area contributed by atoms with E-state index in [0.29, 0.717) is 0 Å². The molecule has 1 rings (SSSR count). The average Bonchev–Trinajstić information content (AvgIpc) is 2.10. The SMILES string of the molecule is N#Cc1cc(OC(F)(F)F)c(Br)c(I)n1. The van der Waals surface area contributed by atoms with Gasteiger partial charge in [-0.2, -0.15) is 5.26 Å². The van der Waals surface area contributed by atoms with E-state index in [2.05, 4.69) is 25.7 Å². The van der Waals surface area contributed by atoms with Crippen LogP contribution < -0.4 is 4.74 Å². The van der Waals surface area contributed by atoms with Gasteiger partial charge in [0, 0.05) is 6.07 Å². The van der Waals surface area contributed by atoms with Crippen LogP contribution >= 0.6 is 38.5 Å². The molecule has 8 heteroatoms. The van der Waals surface area contributed by atoms with Gasteiger partial charge in [-0.25, -0.2) is 4.98 Å². The summed E-state index contributed by atoms with van der Waals surface area (Å²) in [5.74, 6) is -0.474. The highest BCUT2D eigenvalue weighted by atomic mass is 127. The van der Waals surface area contributed by atoms with Crippen LogP contribution in [0.5, 0.6) is 5.75 Å². The second-order valence-corrected chi connectivity index (χ2v) is 4.08. The molecule has 0 radical (unpaired) electrons. The van der Waals surface area contributed by atoms with Gasteiger partial charge in [-0.3, -0.25) is 0 Å². The highest BCUT2D eigenvalue weighted by Crippen LogP contribution is 2.33. The summed E-state index contributed by atoms with van der Waals surface area (Å²) >= 11 is 4.59. The van der Waals surface area contributed by atoms with Crippen LogP contribution in [0.15, 0.2) is 10.5 Å². The van der Waals surface area contributed by atoms with Crippen molar-refractivity contribution in [3.8, 4) is 11.8 Å². The lowest BCUT2D eigenvalue weighted by molar-refractivity contribution is -0.274.